The Bertz CT molecular complexity index is 424. The van der Waals surface area contributed by atoms with E-state index in [1.54, 1.807) is 4.90 Å². The lowest BCUT2D eigenvalue weighted by atomic mass is 10.2. The summed E-state index contributed by atoms with van der Waals surface area (Å²) in [6.07, 6.45) is 7.22. The average Bonchev–Trinajstić information content (AvgIpc) is 2.99. The van der Waals surface area contributed by atoms with Crippen molar-refractivity contribution in [2.45, 2.75) is 37.9 Å². The van der Waals surface area contributed by atoms with Crippen LogP contribution in [0.25, 0.3) is 0 Å². The SMILES string of the molecule is CN1CCC(NCc2cncn2C2CC2)C1=O. The first kappa shape index (κ1) is 10.8. The van der Waals surface area contributed by atoms with Gasteiger partial charge < -0.3 is 14.8 Å². The number of imidazole rings is 1. The van der Waals surface area contributed by atoms with Gasteiger partial charge in [-0.15, -0.1) is 0 Å². The number of amides is 1. The third kappa shape index (κ3) is 2.07. The van der Waals surface area contributed by atoms with Crippen LogP contribution in [0.15, 0.2) is 12.5 Å². The Kier molecular flexibility index (Phi) is 2.63. The van der Waals surface area contributed by atoms with Crippen LogP contribution in [0, 0.1) is 0 Å². The molecule has 1 aliphatic carbocycles. The zero-order valence-electron chi connectivity index (χ0n) is 10.1. The highest BCUT2D eigenvalue weighted by atomic mass is 16.2. The maximum atomic E-state index is 11.7. The molecule has 0 bridgehead atoms. The topological polar surface area (TPSA) is 50.2 Å². The van der Waals surface area contributed by atoms with Gasteiger partial charge >= 0.3 is 0 Å². The molecule has 1 unspecified atom stereocenters. The summed E-state index contributed by atoms with van der Waals surface area (Å²) in [7, 11) is 1.86. The van der Waals surface area contributed by atoms with Gasteiger partial charge in [-0.3, -0.25) is 4.79 Å². The Morgan fingerprint density at radius 3 is 2.94 bits per heavy atom. The summed E-state index contributed by atoms with van der Waals surface area (Å²) >= 11 is 0. The molecule has 0 spiro atoms. The van der Waals surface area contributed by atoms with Gasteiger partial charge in [-0.1, -0.05) is 0 Å². The minimum Gasteiger partial charge on any atom is -0.344 e. The van der Waals surface area contributed by atoms with Gasteiger partial charge in [-0.25, -0.2) is 4.98 Å². The van der Waals surface area contributed by atoms with E-state index in [0.717, 1.165) is 19.5 Å². The molecule has 1 atom stereocenters. The average molecular weight is 234 g/mol. The molecule has 0 radical (unpaired) electrons. The highest BCUT2D eigenvalue weighted by molar-refractivity contribution is 5.83. The van der Waals surface area contributed by atoms with Crippen molar-refractivity contribution in [2.75, 3.05) is 13.6 Å². The van der Waals surface area contributed by atoms with E-state index in [1.165, 1.54) is 18.5 Å². The second-order valence-electron chi connectivity index (χ2n) is 5.01. The molecule has 1 N–H and O–H groups in total. The summed E-state index contributed by atoms with van der Waals surface area (Å²) in [4.78, 5) is 17.7. The zero-order chi connectivity index (χ0) is 11.8. The molecule has 1 aromatic rings. The monoisotopic (exact) mass is 234 g/mol. The number of aromatic nitrogens is 2. The highest BCUT2D eigenvalue weighted by Gasteiger charge is 2.29. The van der Waals surface area contributed by atoms with Gasteiger partial charge in [0.05, 0.1) is 18.1 Å². The Balaban J connectivity index is 1.60. The predicted octanol–water partition coefficient (Wildman–Crippen LogP) is 0.538. The van der Waals surface area contributed by atoms with Gasteiger partial charge in [-0.2, -0.15) is 0 Å². The van der Waals surface area contributed by atoms with Crippen molar-refractivity contribution in [3.8, 4) is 0 Å². The van der Waals surface area contributed by atoms with E-state index >= 15 is 0 Å². The molecule has 92 valence electrons. The van der Waals surface area contributed by atoms with Gasteiger partial charge in [0, 0.05) is 32.4 Å². The fraction of sp³-hybridized carbons (Fsp3) is 0.667. The van der Waals surface area contributed by atoms with Crippen LogP contribution < -0.4 is 5.32 Å². The lowest BCUT2D eigenvalue weighted by Gasteiger charge is -2.13. The molecular formula is C12H18N4O. The van der Waals surface area contributed by atoms with Crippen LogP contribution in [0.5, 0.6) is 0 Å². The smallest absolute Gasteiger partial charge is 0.239 e. The van der Waals surface area contributed by atoms with Crippen molar-refractivity contribution in [2.24, 2.45) is 0 Å². The summed E-state index contributed by atoms with van der Waals surface area (Å²) in [5, 5.41) is 3.34. The van der Waals surface area contributed by atoms with E-state index in [9.17, 15) is 4.79 Å². The first-order chi connectivity index (χ1) is 8.25. The van der Waals surface area contributed by atoms with Crippen molar-refractivity contribution in [1.82, 2.24) is 19.8 Å². The van der Waals surface area contributed by atoms with Crippen LogP contribution in [-0.4, -0.2) is 40.0 Å². The molecule has 2 heterocycles. The second-order valence-corrected chi connectivity index (χ2v) is 5.01. The fourth-order valence-electron chi connectivity index (χ4n) is 2.39. The van der Waals surface area contributed by atoms with Crippen molar-refractivity contribution in [1.29, 1.82) is 0 Å². The standard InChI is InChI=1S/C12H18N4O/c1-15-5-4-11(12(15)17)14-7-10-6-13-8-16(10)9-2-3-9/h6,8-9,11,14H,2-5,7H2,1H3. The number of nitrogens with one attached hydrogen (secondary N) is 1. The van der Waals surface area contributed by atoms with Crippen LogP contribution in [0.1, 0.15) is 31.0 Å². The molecule has 1 aromatic heterocycles. The lowest BCUT2D eigenvalue weighted by molar-refractivity contribution is -0.128. The summed E-state index contributed by atoms with van der Waals surface area (Å²) in [5.74, 6) is 0.211. The van der Waals surface area contributed by atoms with E-state index in [2.05, 4.69) is 14.9 Å². The highest BCUT2D eigenvalue weighted by Crippen LogP contribution is 2.35. The Labute approximate surface area is 101 Å². The molecule has 2 aliphatic rings. The molecule has 17 heavy (non-hydrogen) atoms. The normalized spacial score (nSPS) is 24.6. The van der Waals surface area contributed by atoms with Crippen LogP contribution in [0.4, 0.5) is 0 Å². The number of carbonyl (C=O) groups excluding carboxylic acids is 1. The van der Waals surface area contributed by atoms with Gasteiger partial charge in [0.25, 0.3) is 0 Å². The molecule has 1 amide bonds. The number of nitrogens with zero attached hydrogens (tertiary/aromatic N) is 3. The number of rotatable bonds is 4. The van der Waals surface area contributed by atoms with Gasteiger partial charge in [-0.05, 0) is 19.3 Å². The number of likely N-dealkylation sites (N-methyl/N-ethyl adjacent to an activating group) is 1. The van der Waals surface area contributed by atoms with Crippen LogP contribution >= 0.6 is 0 Å². The zero-order valence-corrected chi connectivity index (χ0v) is 10.1. The summed E-state index contributed by atoms with van der Waals surface area (Å²) < 4.78 is 2.23. The number of hydrogen-bond donors (Lipinski definition) is 1. The number of likely N-dealkylation sites (tertiary alicyclic amines) is 1. The van der Waals surface area contributed by atoms with E-state index in [-0.39, 0.29) is 11.9 Å². The van der Waals surface area contributed by atoms with Gasteiger partial charge in [0.1, 0.15) is 0 Å². The van der Waals surface area contributed by atoms with Crippen molar-refractivity contribution >= 4 is 5.91 Å². The molecule has 0 aromatic carbocycles. The first-order valence-electron chi connectivity index (χ1n) is 6.25. The van der Waals surface area contributed by atoms with Crippen LogP contribution in [-0.2, 0) is 11.3 Å². The van der Waals surface area contributed by atoms with E-state index in [4.69, 9.17) is 0 Å². The van der Waals surface area contributed by atoms with Crippen LogP contribution in [0.3, 0.4) is 0 Å². The van der Waals surface area contributed by atoms with E-state index in [1.807, 2.05) is 19.6 Å². The first-order valence-corrected chi connectivity index (χ1v) is 6.25. The van der Waals surface area contributed by atoms with Crippen molar-refractivity contribution in [3.63, 3.8) is 0 Å². The molecular weight excluding hydrogens is 216 g/mol. The quantitative estimate of drug-likeness (QED) is 0.827. The van der Waals surface area contributed by atoms with Crippen molar-refractivity contribution < 1.29 is 4.79 Å². The molecule has 5 heteroatoms. The second kappa shape index (κ2) is 4.14. The fourth-order valence-corrected chi connectivity index (χ4v) is 2.39. The van der Waals surface area contributed by atoms with Crippen LogP contribution in [0.2, 0.25) is 0 Å². The molecule has 1 saturated heterocycles. The van der Waals surface area contributed by atoms with Gasteiger partial charge in [0.2, 0.25) is 5.91 Å². The van der Waals surface area contributed by atoms with Crippen molar-refractivity contribution in [3.05, 3.63) is 18.2 Å². The summed E-state index contributed by atoms with van der Waals surface area (Å²) in [5.41, 5.74) is 1.19. The number of hydrogen-bond acceptors (Lipinski definition) is 3. The Morgan fingerprint density at radius 1 is 1.47 bits per heavy atom. The third-order valence-corrected chi connectivity index (χ3v) is 3.64. The third-order valence-electron chi connectivity index (χ3n) is 3.64. The molecule has 1 saturated carbocycles. The molecule has 5 nitrogen and oxygen atoms in total. The minimum absolute atomic E-state index is 0.0115. The van der Waals surface area contributed by atoms with E-state index < -0.39 is 0 Å². The predicted molar refractivity (Wildman–Crippen MR) is 63.4 cm³/mol. The maximum Gasteiger partial charge on any atom is 0.239 e. The molecule has 1 aliphatic heterocycles. The Hall–Kier alpha value is -1.36. The summed E-state index contributed by atoms with van der Waals surface area (Å²) in [6, 6.07) is 0.638. The summed E-state index contributed by atoms with van der Waals surface area (Å²) in [6.45, 7) is 1.60. The molecule has 2 fully saturated rings. The maximum absolute atomic E-state index is 11.7. The minimum atomic E-state index is -0.0115. The Morgan fingerprint density at radius 2 is 2.29 bits per heavy atom. The van der Waals surface area contributed by atoms with E-state index in [0.29, 0.717) is 6.04 Å². The lowest BCUT2D eigenvalue weighted by Crippen LogP contribution is -2.36. The molecule has 3 rings (SSSR count). The largest absolute Gasteiger partial charge is 0.344 e. The van der Waals surface area contributed by atoms with Gasteiger partial charge in [0.15, 0.2) is 0 Å². The number of carbonyl (C=O) groups is 1.